The van der Waals surface area contributed by atoms with E-state index in [9.17, 15) is 17.6 Å². The van der Waals surface area contributed by atoms with E-state index in [1.807, 2.05) is 12.1 Å². The third-order valence-electron chi connectivity index (χ3n) is 6.07. The molecule has 1 saturated heterocycles. The Morgan fingerprint density at radius 3 is 2.35 bits per heavy atom. The van der Waals surface area contributed by atoms with Crippen LogP contribution in [0.15, 0.2) is 47.4 Å². The molecule has 1 N–H and O–H groups in total. The normalized spacial score (nSPS) is 19.3. The molecule has 2 fully saturated rings. The van der Waals surface area contributed by atoms with Crippen LogP contribution >= 0.6 is 11.6 Å². The quantitative estimate of drug-likeness (QED) is 0.724. The van der Waals surface area contributed by atoms with Crippen molar-refractivity contribution in [2.45, 2.75) is 36.0 Å². The number of carbonyl (C=O) groups is 1. The maximum Gasteiger partial charge on any atom is 0.246 e. The topological polar surface area (TPSA) is 75.7 Å². The molecular weight excluding hydrogens is 443 g/mol. The van der Waals surface area contributed by atoms with Crippen molar-refractivity contribution in [3.05, 3.63) is 58.9 Å². The zero-order chi connectivity index (χ0) is 22.1. The highest BCUT2D eigenvalue weighted by atomic mass is 35.5. The Hall–Kier alpha value is -2.00. The summed E-state index contributed by atoms with van der Waals surface area (Å²) in [6.45, 7) is 0.859. The van der Waals surface area contributed by atoms with Crippen LogP contribution in [0.25, 0.3) is 0 Å². The van der Waals surface area contributed by atoms with Crippen molar-refractivity contribution in [2.24, 2.45) is 0 Å². The van der Waals surface area contributed by atoms with Crippen molar-refractivity contribution in [3.8, 4) is 0 Å². The monoisotopic (exact) mass is 466 g/mol. The van der Waals surface area contributed by atoms with Crippen molar-refractivity contribution in [1.82, 2.24) is 4.31 Å². The summed E-state index contributed by atoms with van der Waals surface area (Å²) in [6.07, 6.45) is 3.19. The van der Waals surface area contributed by atoms with Gasteiger partial charge in [0.1, 0.15) is 10.7 Å². The second-order valence-electron chi connectivity index (χ2n) is 7.91. The van der Waals surface area contributed by atoms with Gasteiger partial charge in [0.05, 0.1) is 18.6 Å². The van der Waals surface area contributed by atoms with Crippen LogP contribution in [-0.4, -0.2) is 44.9 Å². The van der Waals surface area contributed by atoms with Gasteiger partial charge in [-0.3, -0.25) is 4.79 Å². The first-order valence-electron chi connectivity index (χ1n) is 10.3. The number of nitrogens with zero attached hydrogens (tertiary/aromatic N) is 1. The van der Waals surface area contributed by atoms with E-state index in [1.54, 1.807) is 12.1 Å². The molecule has 1 saturated carbocycles. The number of hydrogen-bond donors (Lipinski definition) is 1. The van der Waals surface area contributed by atoms with Crippen molar-refractivity contribution in [3.63, 3.8) is 0 Å². The molecule has 9 heteroatoms. The van der Waals surface area contributed by atoms with Gasteiger partial charge in [0.2, 0.25) is 15.9 Å². The number of rotatable bonds is 5. The van der Waals surface area contributed by atoms with E-state index in [-0.39, 0.29) is 37.9 Å². The van der Waals surface area contributed by atoms with Crippen molar-refractivity contribution < 1.29 is 22.3 Å². The zero-order valence-electron chi connectivity index (χ0n) is 16.9. The lowest BCUT2D eigenvalue weighted by Crippen LogP contribution is -2.41. The summed E-state index contributed by atoms with van der Waals surface area (Å²) in [5, 5.41) is 3.43. The number of hydrogen-bond acceptors (Lipinski definition) is 4. The van der Waals surface area contributed by atoms with Gasteiger partial charge in [0.25, 0.3) is 0 Å². The second-order valence-corrected chi connectivity index (χ2v) is 10.3. The molecule has 1 aliphatic carbocycles. The summed E-state index contributed by atoms with van der Waals surface area (Å²) in [5.41, 5.74) is 0.399. The van der Waals surface area contributed by atoms with Gasteiger partial charge in [-0.25, -0.2) is 12.8 Å². The number of nitrogens with one attached hydrogen (secondary N) is 1. The number of carbonyl (C=O) groups excluding carboxylic acids is 1. The molecule has 0 unspecified atom stereocenters. The SMILES string of the molecule is O=C(Nc1ccc(F)c(S(=O)(=O)N2CCOCC2)c1)C1(c2ccc(Cl)cc2)CCCC1. The van der Waals surface area contributed by atoms with Gasteiger partial charge in [0, 0.05) is 23.8 Å². The molecule has 1 aliphatic heterocycles. The van der Waals surface area contributed by atoms with E-state index in [2.05, 4.69) is 5.32 Å². The third-order valence-corrected chi connectivity index (χ3v) is 8.23. The molecule has 2 aromatic carbocycles. The van der Waals surface area contributed by atoms with Crippen LogP contribution in [0.1, 0.15) is 31.2 Å². The lowest BCUT2D eigenvalue weighted by atomic mass is 9.78. The number of benzene rings is 2. The van der Waals surface area contributed by atoms with Gasteiger partial charge in [-0.2, -0.15) is 4.31 Å². The van der Waals surface area contributed by atoms with Crippen LogP contribution in [0.2, 0.25) is 5.02 Å². The maximum atomic E-state index is 14.5. The lowest BCUT2D eigenvalue weighted by molar-refractivity contribution is -0.121. The van der Waals surface area contributed by atoms with E-state index in [4.69, 9.17) is 16.3 Å². The minimum Gasteiger partial charge on any atom is -0.379 e. The second kappa shape index (κ2) is 8.86. The van der Waals surface area contributed by atoms with Crippen LogP contribution in [-0.2, 0) is 25.0 Å². The van der Waals surface area contributed by atoms with Gasteiger partial charge in [-0.1, -0.05) is 36.6 Å². The molecule has 0 aromatic heterocycles. The van der Waals surface area contributed by atoms with E-state index < -0.39 is 26.2 Å². The molecule has 1 heterocycles. The molecule has 2 aliphatic rings. The fraction of sp³-hybridized carbons (Fsp3) is 0.409. The highest BCUT2D eigenvalue weighted by Gasteiger charge is 2.42. The molecule has 2 aromatic rings. The molecule has 31 heavy (non-hydrogen) atoms. The fourth-order valence-corrected chi connectivity index (χ4v) is 5.97. The van der Waals surface area contributed by atoms with Gasteiger partial charge in [0.15, 0.2) is 0 Å². The smallest absolute Gasteiger partial charge is 0.246 e. The van der Waals surface area contributed by atoms with Gasteiger partial charge in [-0.05, 0) is 48.7 Å². The Morgan fingerprint density at radius 1 is 1.06 bits per heavy atom. The van der Waals surface area contributed by atoms with Gasteiger partial charge in [-0.15, -0.1) is 0 Å². The molecule has 0 spiro atoms. The molecule has 1 amide bonds. The summed E-state index contributed by atoms with van der Waals surface area (Å²) in [4.78, 5) is 12.9. The Bertz CT molecular complexity index is 1060. The predicted octanol–water partition coefficient (Wildman–Crippen LogP) is 3.95. The summed E-state index contributed by atoms with van der Waals surface area (Å²) in [5.74, 6) is -1.08. The van der Waals surface area contributed by atoms with Crippen LogP contribution in [0.5, 0.6) is 0 Å². The summed E-state index contributed by atoms with van der Waals surface area (Å²) in [6, 6.07) is 10.9. The van der Waals surface area contributed by atoms with Crippen molar-refractivity contribution >= 4 is 33.2 Å². The Morgan fingerprint density at radius 2 is 1.71 bits per heavy atom. The minimum atomic E-state index is -4.03. The highest BCUT2D eigenvalue weighted by molar-refractivity contribution is 7.89. The van der Waals surface area contributed by atoms with E-state index >= 15 is 0 Å². The molecule has 0 radical (unpaired) electrons. The van der Waals surface area contributed by atoms with E-state index in [0.29, 0.717) is 17.9 Å². The molecule has 4 rings (SSSR count). The molecule has 166 valence electrons. The lowest BCUT2D eigenvalue weighted by Gasteiger charge is -2.29. The Balaban J connectivity index is 1.62. The minimum absolute atomic E-state index is 0.165. The number of halogens is 2. The number of morpholine rings is 1. The summed E-state index contributed by atoms with van der Waals surface area (Å²) < 4.78 is 46.7. The molecular formula is C22H24ClFN2O4S. The summed E-state index contributed by atoms with van der Waals surface area (Å²) in [7, 11) is -4.03. The maximum absolute atomic E-state index is 14.5. The molecule has 0 bridgehead atoms. The largest absolute Gasteiger partial charge is 0.379 e. The van der Waals surface area contributed by atoms with Crippen LogP contribution in [0, 0.1) is 5.82 Å². The first kappa shape index (κ1) is 22.2. The van der Waals surface area contributed by atoms with E-state index in [0.717, 1.165) is 24.5 Å². The number of amides is 1. The van der Waals surface area contributed by atoms with Crippen molar-refractivity contribution in [2.75, 3.05) is 31.6 Å². The van der Waals surface area contributed by atoms with Crippen molar-refractivity contribution in [1.29, 1.82) is 0 Å². The number of anilines is 1. The van der Waals surface area contributed by atoms with Crippen LogP contribution in [0.3, 0.4) is 0 Å². The first-order valence-corrected chi connectivity index (χ1v) is 12.1. The predicted molar refractivity (Wildman–Crippen MR) is 116 cm³/mol. The first-order chi connectivity index (χ1) is 14.8. The number of sulfonamides is 1. The highest BCUT2D eigenvalue weighted by Crippen LogP contribution is 2.42. The summed E-state index contributed by atoms with van der Waals surface area (Å²) >= 11 is 6.01. The van der Waals surface area contributed by atoms with Crippen LogP contribution in [0.4, 0.5) is 10.1 Å². The number of ether oxygens (including phenoxy) is 1. The Kier molecular flexibility index (Phi) is 6.35. The molecule has 6 nitrogen and oxygen atoms in total. The van der Waals surface area contributed by atoms with E-state index in [1.165, 1.54) is 16.4 Å². The van der Waals surface area contributed by atoms with Gasteiger partial charge >= 0.3 is 0 Å². The third kappa shape index (κ3) is 4.35. The average Bonchev–Trinajstić information content (AvgIpc) is 3.27. The Labute approximate surface area is 186 Å². The average molecular weight is 467 g/mol. The fourth-order valence-electron chi connectivity index (χ4n) is 4.35. The van der Waals surface area contributed by atoms with Crippen LogP contribution < -0.4 is 5.32 Å². The molecule has 0 atom stereocenters. The standard InChI is InChI=1S/C22H24ClFN2O4S/c23-17-5-3-16(4-6-17)22(9-1-2-10-22)21(27)25-18-7-8-19(24)20(15-18)31(28,29)26-11-13-30-14-12-26/h3-8,15H,1-2,9-14H2,(H,25,27). The van der Waals surface area contributed by atoms with Gasteiger partial charge < -0.3 is 10.1 Å². The zero-order valence-corrected chi connectivity index (χ0v) is 18.5.